The maximum absolute atomic E-state index is 6.22. The lowest BCUT2D eigenvalue weighted by molar-refractivity contribution is -0.0225. The van der Waals surface area contributed by atoms with E-state index in [1.165, 1.54) is 32.1 Å². The zero-order valence-corrected chi connectivity index (χ0v) is 18.2. The fourth-order valence-electron chi connectivity index (χ4n) is 5.71. The van der Waals surface area contributed by atoms with Gasteiger partial charge in [0.1, 0.15) is 0 Å². The fraction of sp³-hybridized carbons (Fsp3) is 1.00. The molecule has 0 bridgehead atoms. The Morgan fingerprint density at radius 1 is 0.875 bits per heavy atom. The summed E-state index contributed by atoms with van der Waals surface area (Å²) >= 11 is 0. The molecule has 1 aliphatic carbocycles. The molecule has 1 aliphatic rings. The molecule has 4 unspecified atom stereocenters. The second kappa shape index (κ2) is 8.54. The van der Waals surface area contributed by atoms with Crippen LogP contribution in [0.15, 0.2) is 0 Å². The van der Waals surface area contributed by atoms with E-state index in [2.05, 4.69) is 67.2 Å². The van der Waals surface area contributed by atoms with E-state index in [-0.39, 0.29) is 0 Å². The number of hydrogen-bond donors (Lipinski definition) is 1. The highest BCUT2D eigenvalue weighted by Gasteiger charge is 2.44. The van der Waals surface area contributed by atoms with Crippen molar-refractivity contribution in [3.05, 3.63) is 0 Å². The predicted molar refractivity (Wildman–Crippen MR) is 108 cm³/mol. The molecule has 0 heterocycles. The zero-order chi connectivity index (χ0) is 18.7. The third-order valence-corrected chi connectivity index (χ3v) is 5.98. The van der Waals surface area contributed by atoms with Crippen molar-refractivity contribution in [2.75, 3.05) is 6.54 Å². The van der Waals surface area contributed by atoms with Crippen LogP contribution in [0.2, 0.25) is 0 Å². The van der Waals surface area contributed by atoms with E-state index in [9.17, 15) is 0 Å². The first kappa shape index (κ1) is 22.0. The number of rotatable bonds is 8. The van der Waals surface area contributed by atoms with Gasteiger partial charge in [0.15, 0.2) is 0 Å². The number of hydrogen-bond acceptors (Lipinski definition) is 2. The van der Waals surface area contributed by atoms with Gasteiger partial charge in [-0.3, -0.25) is 4.90 Å². The Morgan fingerprint density at radius 2 is 1.33 bits per heavy atom. The van der Waals surface area contributed by atoms with Gasteiger partial charge in [0.2, 0.25) is 0 Å². The lowest BCUT2D eigenvalue weighted by atomic mass is 9.62. The lowest BCUT2D eigenvalue weighted by Crippen LogP contribution is -2.55. The van der Waals surface area contributed by atoms with Crippen molar-refractivity contribution in [1.82, 2.24) is 4.90 Å². The molecule has 144 valence electrons. The van der Waals surface area contributed by atoms with Gasteiger partial charge in [-0.05, 0) is 75.2 Å². The van der Waals surface area contributed by atoms with Gasteiger partial charge >= 0.3 is 0 Å². The molecular weight excluding hydrogens is 292 g/mol. The van der Waals surface area contributed by atoms with E-state index >= 15 is 0 Å². The van der Waals surface area contributed by atoms with E-state index in [1.807, 2.05) is 0 Å². The van der Waals surface area contributed by atoms with Gasteiger partial charge in [0, 0.05) is 18.1 Å². The van der Waals surface area contributed by atoms with Crippen LogP contribution in [0.1, 0.15) is 94.4 Å². The first-order valence-corrected chi connectivity index (χ1v) is 10.4. The van der Waals surface area contributed by atoms with Crippen LogP contribution in [0.5, 0.6) is 0 Å². The molecule has 0 saturated heterocycles. The van der Waals surface area contributed by atoms with Crippen LogP contribution in [0.25, 0.3) is 0 Å². The zero-order valence-electron chi connectivity index (χ0n) is 18.2. The maximum atomic E-state index is 6.22. The Labute approximate surface area is 152 Å². The monoisotopic (exact) mass is 338 g/mol. The van der Waals surface area contributed by atoms with E-state index < -0.39 is 0 Å². The average Bonchev–Trinajstić information content (AvgIpc) is 2.34. The van der Waals surface area contributed by atoms with Crippen molar-refractivity contribution in [1.29, 1.82) is 0 Å². The van der Waals surface area contributed by atoms with Crippen molar-refractivity contribution >= 4 is 0 Å². The molecule has 2 N–H and O–H groups in total. The van der Waals surface area contributed by atoms with Gasteiger partial charge in [0.25, 0.3) is 0 Å². The number of nitrogens with zero attached hydrogens (tertiary/aromatic N) is 1. The summed E-state index contributed by atoms with van der Waals surface area (Å²) in [6, 6.07) is 1.98. The van der Waals surface area contributed by atoms with E-state index in [0.29, 0.717) is 29.0 Å². The normalized spacial score (nSPS) is 30.1. The Hall–Kier alpha value is -0.0800. The Bertz CT molecular complexity index is 358. The molecule has 1 fully saturated rings. The van der Waals surface area contributed by atoms with Gasteiger partial charge < -0.3 is 5.73 Å². The minimum absolute atomic E-state index is 0.291. The highest BCUT2D eigenvalue weighted by atomic mass is 15.2. The molecule has 0 amide bonds. The third-order valence-electron chi connectivity index (χ3n) is 5.98. The molecule has 2 heteroatoms. The number of nitrogens with two attached hydrogens (primary N) is 1. The Balaban J connectivity index is 3.07. The summed E-state index contributed by atoms with van der Waals surface area (Å²) in [4.78, 5) is 2.88. The SMILES string of the molecule is CC(C)CC(C)N(C(C)CC(C)C)C1CC(C)(C)CC(C)(CN)C1. The average molecular weight is 339 g/mol. The minimum Gasteiger partial charge on any atom is -0.330 e. The highest BCUT2D eigenvalue weighted by Crippen LogP contribution is 2.48. The first-order chi connectivity index (χ1) is 10.9. The summed E-state index contributed by atoms with van der Waals surface area (Å²) < 4.78 is 0. The summed E-state index contributed by atoms with van der Waals surface area (Å²) in [6.07, 6.45) is 6.42. The standard InChI is InChI=1S/C22H46N2/c1-16(2)10-18(5)24(19(6)11-17(3)4)20-12-21(7,8)14-22(9,13-20)15-23/h16-20H,10-15,23H2,1-9H3. The molecule has 2 nitrogen and oxygen atoms in total. The molecule has 0 radical (unpaired) electrons. The largest absolute Gasteiger partial charge is 0.330 e. The summed E-state index contributed by atoms with van der Waals surface area (Å²) in [5.41, 5.74) is 6.90. The molecule has 1 rings (SSSR count). The molecule has 4 atom stereocenters. The predicted octanol–water partition coefficient (Wildman–Crippen LogP) is 5.70. The molecule has 0 aromatic rings. The van der Waals surface area contributed by atoms with Crippen LogP contribution < -0.4 is 5.73 Å². The first-order valence-electron chi connectivity index (χ1n) is 10.4. The van der Waals surface area contributed by atoms with Crippen molar-refractivity contribution in [2.45, 2.75) is 113 Å². The van der Waals surface area contributed by atoms with Crippen LogP contribution >= 0.6 is 0 Å². The van der Waals surface area contributed by atoms with Crippen LogP contribution in [0.3, 0.4) is 0 Å². The van der Waals surface area contributed by atoms with Gasteiger partial charge in [0.05, 0.1) is 0 Å². The smallest absolute Gasteiger partial charge is 0.0112 e. The lowest BCUT2D eigenvalue weighted by Gasteiger charge is -2.53. The quantitative estimate of drug-likeness (QED) is 0.615. The summed E-state index contributed by atoms with van der Waals surface area (Å²) in [5.74, 6) is 1.51. The topological polar surface area (TPSA) is 29.3 Å². The fourth-order valence-corrected chi connectivity index (χ4v) is 5.71. The van der Waals surface area contributed by atoms with Crippen molar-refractivity contribution < 1.29 is 0 Å². The Kier molecular flexibility index (Phi) is 7.81. The van der Waals surface area contributed by atoms with Crippen LogP contribution in [-0.2, 0) is 0 Å². The second-order valence-corrected chi connectivity index (χ2v) is 10.8. The van der Waals surface area contributed by atoms with Gasteiger partial charge in [-0.2, -0.15) is 0 Å². The van der Waals surface area contributed by atoms with E-state index in [0.717, 1.165) is 18.4 Å². The summed E-state index contributed by atoms with van der Waals surface area (Å²) in [7, 11) is 0. The van der Waals surface area contributed by atoms with E-state index in [1.54, 1.807) is 0 Å². The second-order valence-electron chi connectivity index (χ2n) is 10.8. The molecule has 0 spiro atoms. The summed E-state index contributed by atoms with van der Waals surface area (Å²) in [6.45, 7) is 22.5. The van der Waals surface area contributed by atoms with Gasteiger partial charge in [-0.15, -0.1) is 0 Å². The van der Waals surface area contributed by atoms with Crippen molar-refractivity contribution in [3.63, 3.8) is 0 Å². The van der Waals surface area contributed by atoms with Crippen molar-refractivity contribution in [3.8, 4) is 0 Å². The molecule has 0 aromatic carbocycles. The molecule has 24 heavy (non-hydrogen) atoms. The maximum Gasteiger partial charge on any atom is 0.0112 e. The van der Waals surface area contributed by atoms with Crippen molar-refractivity contribution in [2.24, 2.45) is 28.4 Å². The highest BCUT2D eigenvalue weighted by molar-refractivity contribution is 4.97. The molecule has 1 saturated carbocycles. The van der Waals surface area contributed by atoms with Gasteiger partial charge in [-0.25, -0.2) is 0 Å². The minimum atomic E-state index is 0.291. The van der Waals surface area contributed by atoms with Crippen LogP contribution in [0, 0.1) is 22.7 Å². The van der Waals surface area contributed by atoms with Crippen LogP contribution in [-0.4, -0.2) is 29.6 Å². The molecule has 0 aromatic heterocycles. The van der Waals surface area contributed by atoms with Gasteiger partial charge in [-0.1, -0.05) is 48.5 Å². The summed E-state index contributed by atoms with van der Waals surface area (Å²) in [5, 5.41) is 0. The van der Waals surface area contributed by atoms with E-state index in [4.69, 9.17) is 5.73 Å². The van der Waals surface area contributed by atoms with Crippen LogP contribution in [0.4, 0.5) is 0 Å². The third kappa shape index (κ3) is 6.33. The molecular formula is C22H46N2. The Morgan fingerprint density at radius 3 is 1.71 bits per heavy atom. The molecule has 0 aliphatic heterocycles.